The van der Waals surface area contributed by atoms with Gasteiger partial charge in [-0.15, -0.1) is 0 Å². The van der Waals surface area contributed by atoms with E-state index in [-0.39, 0.29) is 41.6 Å². The molecule has 0 spiro atoms. The number of aromatic nitrogens is 4. The molecular formula is C28H46N7O17P3S. The number of nitrogens with two attached hydrogens (primary N) is 1. The van der Waals surface area contributed by atoms with E-state index >= 15 is 0 Å². The molecule has 1 aliphatic heterocycles. The number of imidazole rings is 1. The predicted octanol–water partition coefficient (Wildman–Crippen LogP) is 0.411. The van der Waals surface area contributed by atoms with Crippen molar-refractivity contribution in [1.82, 2.24) is 30.2 Å². The topological polar surface area (TPSA) is 364 Å². The lowest BCUT2D eigenvalue weighted by Crippen LogP contribution is -2.46. The zero-order valence-electron chi connectivity index (χ0n) is 30.6. The van der Waals surface area contributed by atoms with Gasteiger partial charge in [-0.1, -0.05) is 45.0 Å². The molecule has 0 radical (unpaired) electrons. The molecule has 3 rings (SSSR count). The van der Waals surface area contributed by atoms with Gasteiger partial charge in [-0.25, -0.2) is 28.6 Å². The highest BCUT2D eigenvalue weighted by molar-refractivity contribution is 8.14. The molecule has 0 aromatic carbocycles. The van der Waals surface area contributed by atoms with Gasteiger partial charge in [0, 0.05) is 30.7 Å². The van der Waals surface area contributed by atoms with Crippen LogP contribution in [0.4, 0.5) is 5.82 Å². The van der Waals surface area contributed by atoms with Gasteiger partial charge in [0.2, 0.25) is 16.9 Å². The second-order valence-corrected chi connectivity index (χ2v) is 18.2. The van der Waals surface area contributed by atoms with Crippen molar-refractivity contribution in [3.63, 3.8) is 0 Å². The van der Waals surface area contributed by atoms with Gasteiger partial charge in [0.1, 0.15) is 36.3 Å². The quantitative estimate of drug-likeness (QED) is 0.0439. The first-order valence-electron chi connectivity index (χ1n) is 16.7. The number of rotatable bonds is 22. The van der Waals surface area contributed by atoms with E-state index in [1.54, 1.807) is 6.92 Å². The molecule has 1 aliphatic rings. The van der Waals surface area contributed by atoms with E-state index in [2.05, 4.69) is 34.4 Å². The third kappa shape index (κ3) is 14.3. The normalized spacial score (nSPS) is 22.0. The second-order valence-electron chi connectivity index (χ2n) is 12.9. The fourth-order valence-electron chi connectivity index (χ4n) is 4.83. The Balaban J connectivity index is 1.49. The summed E-state index contributed by atoms with van der Waals surface area (Å²) < 4.78 is 62.1. The van der Waals surface area contributed by atoms with Crippen LogP contribution >= 0.6 is 35.2 Å². The Morgan fingerprint density at radius 1 is 1.09 bits per heavy atom. The molecule has 28 heteroatoms. The SMILES string of the molecule is CCCC=C(C)C(=O)SCCNC(=O)CCNC(=O)[C@H](O)C(C)(C)COP(=O)(O)OP(=O)(O)OC[C@H]1O[C@@H](n2cnc3c(N)ncnc32)[C@H](O)[C@@H]1OP(=O)(O)O. The third-order valence-electron chi connectivity index (χ3n) is 7.80. The van der Waals surface area contributed by atoms with E-state index in [9.17, 15) is 57.9 Å². The van der Waals surface area contributed by atoms with Crippen LogP contribution in [0.1, 0.15) is 53.2 Å². The van der Waals surface area contributed by atoms with Crippen LogP contribution in [0.2, 0.25) is 0 Å². The molecule has 316 valence electrons. The molecule has 56 heavy (non-hydrogen) atoms. The number of aliphatic hydroxyl groups excluding tert-OH is 2. The van der Waals surface area contributed by atoms with Crippen molar-refractivity contribution >= 4 is 69.1 Å². The molecule has 24 nitrogen and oxygen atoms in total. The lowest BCUT2D eigenvalue weighted by molar-refractivity contribution is -0.137. The molecule has 1 saturated heterocycles. The number of ether oxygens (including phenoxy) is 1. The van der Waals surface area contributed by atoms with Crippen molar-refractivity contribution in [2.24, 2.45) is 5.41 Å². The van der Waals surface area contributed by atoms with Crippen molar-refractivity contribution in [2.45, 2.75) is 77.6 Å². The lowest BCUT2D eigenvalue weighted by atomic mass is 9.87. The highest BCUT2D eigenvalue weighted by atomic mass is 32.2. The number of fused-ring (bicyclic) bond motifs is 1. The molecular weight excluding hydrogens is 831 g/mol. The first kappa shape index (κ1) is 47.7. The molecule has 2 aromatic rings. The number of amides is 2. The van der Waals surface area contributed by atoms with E-state index in [0.717, 1.165) is 41.8 Å². The molecule has 0 saturated carbocycles. The Hall–Kier alpha value is -2.70. The van der Waals surface area contributed by atoms with E-state index in [1.807, 2.05) is 13.0 Å². The minimum atomic E-state index is -5.57. The van der Waals surface area contributed by atoms with Gasteiger partial charge in [0.25, 0.3) is 0 Å². The summed E-state index contributed by atoms with van der Waals surface area (Å²) in [5.74, 6) is -1.12. The summed E-state index contributed by atoms with van der Waals surface area (Å²) >= 11 is 1.06. The fraction of sp³-hybridized carbons (Fsp3) is 0.643. The number of unbranched alkanes of at least 4 members (excludes halogenated alkanes) is 1. The molecule has 0 aliphatic carbocycles. The Labute approximate surface area is 324 Å². The van der Waals surface area contributed by atoms with Crippen molar-refractivity contribution in [3.05, 3.63) is 24.3 Å². The molecule has 7 atom stereocenters. The number of nitrogens with one attached hydrogen (secondary N) is 2. The van der Waals surface area contributed by atoms with Gasteiger partial charge in [0.05, 0.1) is 19.5 Å². The van der Waals surface area contributed by atoms with Gasteiger partial charge >= 0.3 is 23.5 Å². The summed E-state index contributed by atoms with van der Waals surface area (Å²) in [7, 11) is -16.4. The van der Waals surface area contributed by atoms with Crippen LogP contribution in [0.25, 0.3) is 11.2 Å². The maximum atomic E-state index is 12.7. The highest BCUT2D eigenvalue weighted by Crippen LogP contribution is 2.61. The van der Waals surface area contributed by atoms with Crippen molar-refractivity contribution in [2.75, 3.05) is 37.8 Å². The zero-order valence-corrected chi connectivity index (χ0v) is 34.1. The minimum absolute atomic E-state index is 0.0306. The number of aliphatic hydroxyl groups is 2. The maximum Gasteiger partial charge on any atom is 0.481 e. The first-order chi connectivity index (χ1) is 26.0. The van der Waals surface area contributed by atoms with Gasteiger partial charge in [-0.05, 0) is 18.9 Å². The van der Waals surface area contributed by atoms with E-state index in [0.29, 0.717) is 11.3 Å². The van der Waals surface area contributed by atoms with Crippen LogP contribution in [0, 0.1) is 5.41 Å². The number of phosphoric ester groups is 3. The van der Waals surface area contributed by atoms with Gasteiger partial charge in [-0.3, -0.25) is 32.5 Å². The number of phosphoric acid groups is 3. The number of hydrogen-bond acceptors (Lipinski definition) is 18. The minimum Gasteiger partial charge on any atom is -0.386 e. The zero-order chi connectivity index (χ0) is 42.1. The molecule has 0 bridgehead atoms. The number of nitrogen functional groups attached to an aromatic ring is 1. The molecule has 10 N–H and O–H groups in total. The van der Waals surface area contributed by atoms with E-state index in [4.69, 9.17) is 19.5 Å². The van der Waals surface area contributed by atoms with Crippen LogP contribution in [-0.4, -0.2) is 123 Å². The van der Waals surface area contributed by atoms with Crippen molar-refractivity contribution in [1.29, 1.82) is 0 Å². The maximum absolute atomic E-state index is 12.7. The van der Waals surface area contributed by atoms with Crippen molar-refractivity contribution in [3.8, 4) is 0 Å². The highest BCUT2D eigenvalue weighted by Gasteiger charge is 2.50. The molecule has 3 heterocycles. The Kier molecular flexibility index (Phi) is 17.3. The number of nitrogens with zero attached hydrogens (tertiary/aromatic N) is 4. The number of allylic oxidation sites excluding steroid dienone is 1. The number of anilines is 1. The smallest absolute Gasteiger partial charge is 0.386 e. The van der Waals surface area contributed by atoms with Crippen LogP contribution in [0.3, 0.4) is 0 Å². The average molecular weight is 878 g/mol. The number of thioether (sulfide) groups is 1. The number of carbonyl (C=O) groups is 3. The Morgan fingerprint density at radius 2 is 1.77 bits per heavy atom. The van der Waals surface area contributed by atoms with Crippen LogP contribution in [0.5, 0.6) is 0 Å². The summed E-state index contributed by atoms with van der Waals surface area (Å²) in [5.41, 5.74) is 4.90. The van der Waals surface area contributed by atoms with Crippen molar-refractivity contribution < 1.29 is 80.5 Å². The van der Waals surface area contributed by atoms with Gasteiger partial charge < -0.3 is 50.9 Å². The summed E-state index contributed by atoms with van der Waals surface area (Å²) in [5, 5.41) is 26.3. The first-order valence-corrected chi connectivity index (χ1v) is 22.2. The molecule has 1 fully saturated rings. The van der Waals surface area contributed by atoms with Gasteiger partial charge in [0.15, 0.2) is 17.7 Å². The Morgan fingerprint density at radius 3 is 2.43 bits per heavy atom. The monoisotopic (exact) mass is 877 g/mol. The Bertz CT molecular complexity index is 1880. The second kappa shape index (κ2) is 20.3. The molecule has 2 aromatic heterocycles. The summed E-state index contributed by atoms with van der Waals surface area (Å²) in [6, 6.07) is 0. The average Bonchev–Trinajstić information content (AvgIpc) is 3.66. The number of hydrogen-bond donors (Lipinski definition) is 9. The van der Waals surface area contributed by atoms with Gasteiger partial charge in [-0.2, -0.15) is 4.31 Å². The van der Waals surface area contributed by atoms with E-state index < -0.39 is 84.6 Å². The largest absolute Gasteiger partial charge is 0.481 e. The van der Waals surface area contributed by atoms with Crippen LogP contribution in [-0.2, 0) is 50.7 Å². The van der Waals surface area contributed by atoms with Crippen LogP contribution in [0.15, 0.2) is 24.3 Å². The summed E-state index contributed by atoms with van der Waals surface area (Å²) in [6.45, 7) is 4.21. The lowest BCUT2D eigenvalue weighted by Gasteiger charge is -2.30. The number of carbonyl (C=O) groups excluding carboxylic acids is 3. The fourth-order valence-corrected chi connectivity index (χ4v) is 8.36. The third-order valence-corrected chi connectivity index (χ3v) is 11.9. The molecule has 2 unspecified atom stereocenters. The van der Waals surface area contributed by atoms with E-state index in [1.165, 1.54) is 13.8 Å². The summed E-state index contributed by atoms with van der Waals surface area (Å²) in [6.07, 6.45) is -3.36. The molecule has 2 amide bonds. The van der Waals surface area contributed by atoms with Crippen LogP contribution < -0.4 is 16.4 Å². The predicted molar refractivity (Wildman–Crippen MR) is 196 cm³/mol. The summed E-state index contributed by atoms with van der Waals surface area (Å²) in [4.78, 5) is 87.6. The standard InChI is InChI=1S/C28H46N7O17P3S/c1-5-6-7-16(2)27(40)56-11-10-30-18(36)8-9-31-25(39)22(38)28(3,4)13-49-55(46,47)52-54(44,45)48-12-17-21(51-53(41,42)43)20(37)26(50-17)35-15-34-19-23(29)32-14-33-24(19)35/h7,14-15,17,20-22,26,37-38H,5-6,8-13H2,1-4H3,(H,30,36)(H,31,39)(H,44,45)(H,46,47)(H2,29,32,33)(H2,41,42,43)/t17-,20-,21-,22+,26-/m1/s1.